The van der Waals surface area contributed by atoms with Crippen molar-refractivity contribution in [3.8, 4) is 11.4 Å². The lowest BCUT2D eigenvalue weighted by molar-refractivity contribution is 0.0677. The lowest BCUT2D eigenvalue weighted by Gasteiger charge is -2.31. The Bertz CT molecular complexity index is 1470. The number of rotatable bonds is 9. The Morgan fingerprint density at radius 1 is 1.05 bits per heavy atom. The zero-order valence-corrected chi connectivity index (χ0v) is 22.6. The summed E-state index contributed by atoms with van der Waals surface area (Å²) in [6.07, 6.45) is 2.78. The molecule has 0 aliphatic carbocycles. The molecule has 0 aliphatic rings. The number of aromatic nitrogens is 2. The molecule has 4 rings (SSSR count). The van der Waals surface area contributed by atoms with Gasteiger partial charge in [0.25, 0.3) is 11.5 Å². The van der Waals surface area contributed by atoms with E-state index >= 15 is 0 Å². The standard InChI is InChI=1S/C29H29Cl2N3O3/c1-4-5-8-17-33(28(35)23-9-6-7-10-25(23)31)19(2)27-32-26-18-20(30)11-16-24(26)29(36)34(27)21-12-14-22(37-3)15-13-21/h6-7,9-16,18-19H,4-5,8,17H2,1-3H3. The van der Waals surface area contributed by atoms with Crippen molar-refractivity contribution < 1.29 is 9.53 Å². The van der Waals surface area contributed by atoms with Gasteiger partial charge in [-0.2, -0.15) is 0 Å². The van der Waals surface area contributed by atoms with Crippen LogP contribution in [0.25, 0.3) is 16.6 Å². The van der Waals surface area contributed by atoms with Crippen molar-refractivity contribution in [2.45, 2.75) is 39.2 Å². The van der Waals surface area contributed by atoms with Gasteiger partial charge < -0.3 is 9.64 Å². The molecule has 6 nitrogen and oxygen atoms in total. The van der Waals surface area contributed by atoms with Crippen molar-refractivity contribution in [1.29, 1.82) is 0 Å². The summed E-state index contributed by atoms with van der Waals surface area (Å²) >= 11 is 12.7. The van der Waals surface area contributed by atoms with Crippen molar-refractivity contribution in [1.82, 2.24) is 14.5 Å². The quantitative estimate of drug-likeness (QED) is 0.213. The average Bonchev–Trinajstić information content (AvgIpc) is 2.90. The second kappa shape index (κ2) is 11.8. The highest BCUT2D eigenvalue weighted by Gasteiger charge is 2.28. The van der Waals surface area contributed by atoms with Gasteiger partial charge >= 0.3 is 0 Å². The minimum absolute atomic E-state index is 0.212. The van der Waals surface area contributed by atoms with Crippen LogP contribution in [-0.2, 0) is 0 Å². The van der Waals surface area contributed by atoms with E-state index in [4.69, 9.17) is 32.9 Å². The van der Waals surface area contributed by atoms with Gasteiger partial charge in [-0.15, -0.1) is 0 Å². The van der Waals surface area contributed by atoms with E-state index in [1.165, 1.54) is 0 Å². The third-order valence-electron chi connectivity index (χ3n) is 6.40. The molecule has 0 saturated heterocycles. The summed E-state index contributed by atoms with van der Waals surface area (Å²) in [6.45, 7) is 4.49. The SMILES string of the molecule is CCCCCN(C(=O)c1ccccc1Cl)C(C)c1nc2cc(Cl)ccc2c(=O)n1-c1ccc(OC)cc1. The maximum atomic E-state index is 13.8. The molecule has 8 heteroatoms. The maximum absolute atomic E-state index is 13.8. The predicted molar refractivity (Wildman–Crippen MR) is 149 cm³/mol. The molecule has 3 aromatic carbocycles. The number of benzene rings is 3. The normalized spacial score (nSPS) is 11.9. The first-order valence-corrected chi connectivity index (χ1v) is 13.0. The molecule has 0 bridgehead atoms. The summed E-state index contributed by atoms with van der Waals surface area (Å²) in [5.74, 6) is 0.889. The van der Waals surface area contributed by atoms with Crippen LogP contribution in [0.15, 0.2) is 71.5 Å². The second-order valence-corrected chi connectivity index (χ2v) is 9.68. The fourth-order valence-electron chi connectivity index (χ4n) is 4.37. The first kappa shape index (κ1) is 26.7. The summed E-state index contributed by atoms with van der Waals surface area (Å²) < 4.78 is 6.86. The molecule has 0 radical (unpaired) electrons. The van der Waals surface area contributed by atoms with E-state index in [-0.39, 0.29) is 11.5 Å². The smallest absolute Gasteiger partial charge is 0.266 e. The molecular weight excluding hydrogens is 509 g/mol. The number of ether oxygens (including phenoxy) is 1. The highest BCUT2D eigenvalue weighted by Crippen LogP contribution is 2.28. The highest BCUT2D eigenvalue weighted by atomic mass is 35.5. The average molecular weight is 538 g/mol. The van der Waals surface area contributed by atoms with Gasteiger partial charge in [-0.1, -0.05) is 55.1 Å². The van der Waals surface area contributed by atoms with Crippen molar-refractivity contribution in [3.63, 3.8) is 0 Å². The Morgan fingerprint density at radius 3 is 2.46 bits per heavy atom. The number of hydrogen-bond donors (Lipinski definition) is 0. The molecule has 0 saturated carbocycles. The zero-order chi connectivity index (χ0) is 26.5. The fourth-order valence-corrected chi connectivity index (χ4v) is 4.75. The van der Waals surface area contributed by atoms with Gasteiger partial charge in [-0.3, -0.25) is 14.2 Å². The maximum Gasteiger partial charge on any atom is 0.266 e. The van der Waals surface area contributed by atoms with E-state index in [0.717, 1.165) is 19.3 Å². The summed E-state index contributed by atoms with van der Waals surface area (Å²) in [6, 6.07) is 18.7. The van der Waals surface area contributed by atoms with E-state index < -0.39 is 6.04 Å². The van der Waals surface area contributed by atoms with Crippen molar-refractivity contribution in [2.75, 3.05) is 13.7 Å². The van der Waals surface area contributed by atoms with Crippen molar-refractivity contribution in [2.24, 2.45) is 0 Å². The molecule has 192 valence electrons. The molecule has 0 aliphatic heterocycles. The Labute approximate surface area is 226 Å². The van der Waals surface area contributed by atoms with Gasteiger partial charge in [0.15, 0.2) is 0 Å². The Kier molecular flexibility index (Phi) is 8.52. The van der Waals surface area contributed by atoms with Crippen molar-refractivity contribution in [3.05, 3.63) is 98.5 Å². The molecule has 0 N–H and O–H groups in total. The number of carbonyl (C=O) groups excluding carboxylic acids is 1. The minimum atomic E-state index is -0.543. The highest BCUT2D eigenvalue weighted by molar-refractivity contribution is 6.33. The largest absolute Gasteiger partial charge is 0.497 e. The molecule has 1 aromatic heterocycles. The Hall–Kier alpha value is -3.35. The zero-order valence-electron chi connectivity index (χ0n) is 21.1. The molecule has 1 atom stereocenters. The van der Waals surface area contributed by atoms with E-state index in [2.05, 4.69) is 6.92 Å². The predicted octanol–water partition coefficient (Wildman–Crippen LogP) is 7.09. The number of unbranched alkanes of at least 4 members (excludes halogenated alkanes) is 2. The Balaban J connectivity index is 1.91. The third-order valence-corrected chi connectivity index (χ3v) is 6.96. The van der Waals surface area contributed by atoms with Crippen LogP contribution in [0.3, 0.4) is 0 Å². The van der Waals surface area contributed by atoms with Crippen LogP contribution in [0.5, 0.6) is 5.75 Å². The summed E-state index contributed by atoms with van der Waals surface area (Å²) in [4.78, 5) is 34.2. The molecule has 4 aromatic rings. The van der Waals surface area contributed by atoms with Crippen LogP contribution in [0, 0.1) is 0 Å². The van der Waals surface area contributed by atoms with Gasteiger partial charge in [0, 0.05) is 11.6 Å². The van der Waals surface area contributed by atoms with Crippen LogP contribution < -0.4 is 10.3 Å². The fraction of sp³-hybridized carbons (Fsp3) is 0.276. The first-order valence-electron chi connectivity index (χ1n) is 12.3. The van der Waals surface area contributed by atoms with Crippen LogP contribution in [0.2, 0.25) is 10.0 Å². The molecule has 0 spiro atoms. The van der Waals surface area contributed by atoms with E-state index in [1.54, 1.807) is 83.3 Å². The number of methoxy groups -OCH3 is 1. The third kappa shape index (κ3) is 5.65. The summed E-state index contributed by atoms with van der Waals surface area (Å²) in [5, 5.41) is 1.30. The van der Waals surface area contributed by atoms with Crippen LogP contribution in [0.1, 0.15) is 55.3 Å². The number of halogens is 2. The van der Waals surface area contributed by atoms with Crippen LogP contribution >= 0.6 is 23.2 Å². The van der Waals surface area contributed by atoms with Gasteiger partial charge in [-0.25, -0.2) is 4.98 Å². The molecule has 1 heterocycles. The molecule has 37 heavy (non-hydrogen) atoms. The number of hydrogen-bond acceptors (Lipinski definition) is 4. The Morgan fingerprint density at radius 2 is 1.78 bits per heavy atom. The van der Waals surface area contributed by atoms with E-state index in [0.29, 0.717) is 50.3 Å². The summed E-state index contributed by atoms with van der Waals surface area (Å²) in [5.41, 5.74) is 1.26. The monoisotopic (exact) mass is 537 g/mol. The summed E-state index contributed by atoms with van der Waals surface area (Å²) in [7, 11) is 1.59. The van der Waals surface area contributed by atoms with Gasteiger partial charge in [0.2, 0.25) is 0 Å². The molecule has 0 fully saturated rings. The first-order chi connectivity index (χ1) is 17.8. The molecular formula is C29H29Cl2N3O3. The van der Waals surface area contributed by atoms with Gasteiger partial charge in [0.05, 0.1) is 40.3 Å². The lowest BCUT2D eigenvalue weighted by Crippen LogP contribution is -2.38. The van der Waals surface area contributed by atoms with Gasteiger partial charge in [-0.05, 0) is 67.9 Å². The number of fused-ring (bicyclic) bond motifs is 1. The van der Waals surface area contributed by atoms with Crippen molar-refractivity contribution >= 4 is 40.0 Å². The van der Waals surface area contributed by atoms with E-state index in [1.807, 2.05) is 6.92 Å². The number of nitrogens with zero attached hydrogens (tertiary/aromatic N) is 3. The lowest BCUT2D eigenvalue weighted by atomic mass is 10.1. The minimum Gasteiger partial charge on any atom is -0.497 e. The number of carbonyl (C=O) groups is 1. The molecule has 1 unspecified atom stereocenters. The number of amides is 1. The second-order valence-electron chi connectivity index (χ2n) is 8.83. The van der Waals surface area contributed by atoms with Crippen LogP contribution in [-0.4, -0.2) is 34.0 Å². The van der Waals surface area contributed by atoms with E-state index in [9.17, 15) is 9.59 Å². The van der Waals surface area contributed by atoms with Gasteiger partial charge in [0.1, 0.15) is 11.6 Å². The topological polar surface area (TPSA) is 64.4 Å². The molecule has 1 amide bonds. The van der Waals surface area contributed by atoms with Crippen LogP contribution in [0.4, 0.5) is 0 Å².